The van der Waals surface area contributed by atoms with E-state index in [1.54, 1.807) is 27.9 Å². The van der Waals surface area contributed by atoms with Crippen LogP contribution in [0.5, 0.6) is 5.75 Å². The zero-order valence-corrected chi connectivity index (χ0v) is 14.3. The van der Waals surface area contributed by atoms with E-state index < -0.39 is 0 Å². The van der Waals surface area contributed by atoms with Crippen LogP contribution >= 0.6 is 11.6 Å². The summed E-state index contributed by atoms with van der Waals surface area (Å²) in [5, 5.41) is 4.79. The van der Waals surface area contributed by atoms with Crippen LogP contribution in [0.1, 0.15) is 18.5 Å². The van der Waals surface area contributed by atoms with Gasteiger partial charge in [-0.2, -0.15) is 5.10 Å². The Morgan fingerprint density at radius 1 is 1.30 bits per heavy atom. The van der Waals surface area contributed by atoms with Gasteiger partial charge in [0.1, 0.15) is 5.75 Å². The van der Waals surface area contributed by atoms with Crippen LogP contribution in [0, 0.1) is 0 Å². The minimum atomic E-state index is 0.137. The first-order valence-corrected chi connectivity index (χ1v) is 8.03. The van der Waals surface area contributed by atoms with Crippen molar-refractivity contribution in [2.45, 2.75) is 19.3 Å². The van der Waals surface area contributed by atoms with Gasteiger partial charge in [0, 0.05) is 44.0 Å². The maximum Gasteiger partial charge on any atom is 0.222 e. The lowest BCUT2D eigenvalue weighted by molar-refractivity contribution is -0.130. The number of aryl methyl sites for hydroxylation is 2. The number of hydrogen-bond donors (Lipinski definition) is 0. The van der Waals surface area contributed by atoms with Gasteiger partial charge in [-0.1, -0.05) is 11.6 Å². The molecule has 0 saturated heterocycles. The lowest BCUT2D eigenvalue weighted by Crippen LogP contribution is -2.29. The highest BCUT2D eigenvalue weighted by Gasteiger charge is 2.10. The Morgan fingerprint density at radius 3 is 2.70 bits per heavy atom. The van der Waals surface area contributed by atoms with E-state index >= 15 is 0 Å². The predicted octanol–water partition coefficient (Wildman–Crippen LogP) is 2.93. The van der Waals surface area contributed by atoms with Crippen LogP contribution < -0.4 is 4.74 Å². The standard InChI is InChI=1S/C17H22ClN3O2/c1-20(17(22)9-6-15-10-11-19-21(15)2)12-3-13-23-16-7-4-14(18)5-8-16/h4-5,7-8,10-11H,3,6,9,12-13H2,1-2H3. The lowest BCUT2D eigenvalue weighted by Gasteiger charge is -2.17. The molecule has 0 fully saturated rings. The molecule has 1 heterocycles. The normalized spacial score (nSPS) is 10.6. The Bertz CT molecular complexity index is 625. The van der Waals surface area contributed by atoms with Crippen molar-refractivity contribution in [3.8, 4) is 5.75 Å². The Morgan fingerprint density at radius 2 is 2.04 bits per heavy atom. The average molecular weight is 336 g/mol. The molecule has 0 bridgehead atoms. The highest BCUT2D eigenvalue weighted by Crippen LogP contribution is 2.15. The largest absolute Gasteiger partial charge is 0.494 e. The molecule has 0 aliphatic heterocycles. The van der Waals surface area contributed by atoms with Gasteiger partial charge in [-0.05, 0) is 43.2 Å². The summed E-state index contributed by atoms with van der Waals surface area (Å²) in [4.78, 5) is 13.8. The minimum absolute atomic E-state index is 0.137. The number of ether oxygens (including phenoxy) is 1. The van der Waals surface area contributed by atoms with Crippen LogP contribution in [0.15, 0.2) is 36.5 Å². The zero-order valence-electron chi connectivity index (χ0n) is 13.5. The number of nitrogens with zero attached hydrogens (tertiary/aromatic N) is 3. The monoisotopic (exact) mass is 335 g/mol. The van der Waals surface area contributed by atoms with Crippen molar-refractivity contribution in [2.75, 3.05) is 20.2 Å². The third-order valence-corrected chi connectivity index (χ3v) is 3.92. The van der Waals surface area contributed by atoms with Gasteiger partial charge >= 0.3 is 0 Å². The summed E-state index contributed by atoms with van der Waals surface area (Å²) >= 11 is 5.82. The van der Waals surface area contributed by atoms with E-state index in [1.165, 1.54) is 0 Å². The fraction of sp³-hybridized carbons (Fsp3) is 0.412. The van der Waals surface area contributed by atoms with Crippen LogP contribution in [0.3, 0.4) is 0 Å². The second kappa shape index (κ2) is 8.58. The molecule has 0 aliphatic rings. The van der Waals surface area contributed by atoms with Crippen molar-refractivity contribution >= 4 is 17.5 Å². The molecule has 1 amide bonds. The lowest BCUT2D eigenvalue weighted by atomic mass is 10.2. The van der Waals surface area contributed by atoms with Crippen molar-refractivity contribution in [3.63, 3.8) is 0 Å². The zero-order chi connectivity index (χ0) is 16.7. The van der Waals surface area contributed by atoms with E-state index in [0.29, 0.717) is 31.0 Å². The molecule has 0 saturated carbocycles. The minimum Gasteiger partial charge on any atom is -0.494 e. The summed E-state index contributed by atoms with van der Waals surface area (Å²) in [6.07, 6.45) is 3.74. The van der Waals surface area contributed by atoms with Crippen LogP contribution in [-0.2, 0) is 18.3 Å². The smallest absolute Gasteiger partial charge is 0.222 e. The van der Waals surface area contributed by atoms with Gasteiger partial charge in [0.25, 0.3) is 0 Å². The first-order chi connectivity index (χ1) is 11.1. The fourth-order valence-corrected chi connectivity index (χ4v) is 2.35. The van der Waals surface area contributed by atoms with Crippen molar-refractivity contribution in [1.29, 1.82) is 0 Å². The van der Waals surface area contributed by atoms with Gasteiger partial charge in [-0.3, -0.25) is 9.48 Å². The first kappa shape index (κ1) is 17.3. The van der Waals surface area contributed by atoms with Crippen molar-refractivity contribution in [1.82, 2.24) is 14.7 Å². The quantitative estimate of drug-likeness (QED) is 0.697. The van der Waals surface area contributed by atoms with E-state index in [9.17, 15) is 4.79 Å². The molecule has 1 aromatic heterocycles. The maximum absolute atomic E-state index is 12.1. The molecule has 0 unspecified atom stereocenters. The van der Waals surface area contributed by atoms with E-state index in [2.05, 4.69) is 5.10 Å². The Labute approximate surface area is 141 Å². The molecule has 124 valence electrons. The number of carbonyl (C=O) groups is 1. The van der Waals surface area contributed by atoms with Crippen molar-refractivity contribution < 1.29 is 9.53 Å². The number of aromatic nitrogens is 2. The molecule has 0 spiro atoms. The Kier molecular flexibility index (Phi) is 6.47. The molecule has 5 nitrogen and oxygen atoms in total. The highest BCUT2D eigenvalue weighted by molar-refractivity contribution is 6.30. The van der Waals surface area contributed by atoms with Crippen molar-refractivity contribution in [3.05, 3.63) is 47.2 Å². The number of rotatable bonds is 8. The van der Waals surface area contributed by atoms with Crippen LogP contribution in [0.2, 0.25) is 5.02 Å². The van der Waals surface area contributed by atoms with E-state index in [-0.39, 0.29) is 5.91 Å². The first-order valence-electron chi connectivity index (χ1n) is 7.65. The number of carbonyl (C=O) groups excluding carboxylic acids is 1. The Balaban J connectivity index is 1.63. The highest BCUT2D eigenvalue weighted by atomic mass is 35.5. The molecule has 0 aliphatic carbocycles. The molecular weight excluding hydrogens is 314 g/mol. The van der Waals surface area contributed by atoms with Gasteiger partial charge in [0.15, 0.2) is 0 Å². The average Bonchev–Trinajstić information content (AvgIpc) is 2.96. The summed E-state index contributed by atoms with van der Waals surface area (Å²) in [5.74, 6) is 0.928. The summed E-state index contributed by atoms with van der Waals surface area (Å²) in [7, 11) is 3.71. The third-order valence-electron chi connectivity index (χ3n) is 3.66. The number of benzene rings is 1. The molecule has 2 aromatic rings. The van der Waals surface area contributed by atoms with Gasteiger partial charge in [-0.25, -0.2) is 0 Å². The van der Waals surface area contributed by atoms with Crippen LogP contribution in [0.4, 0.5) is 0 Å². The second-order valence-electron chi connectivity index (χ2n) is 5.42. The molecule has 0 atom stereocenters. The summed E-state index contributed by atoms with van der Waals surface area (Å²) in [6.45, 7) is 1.25. The second-order valence-corrected chi connectivity index (χ2v) is 5.85. The molecule has 0 radical (unpaired) electrons. The summed E-state index contributed by atoms with van der Waals surface area (Å²) in [6, 6.07) is 9.21. The van der Waals surface area contributed by atoms with E-state index in [0.717, 1.165) is 17.9 Å². The topological polar surface area (TPSA) is 47.4 Å². The molecule has 1 aromatic carbocycles. The maximum atomic E-state index is 12.1. The molecule has 0 N–H and O–H groups in total. The summed E-state index contributed by atoms with van der Waals surface area (Å²) in [5.41, 5.74) is 1.07. The Hall–Kier alpha value is -2.01. The SMILES string of the molecule is CN(CCCOc1ccc(Cl)cc1)C(=O)CCc1ccnn1C. The molecule has 6 heteroatoms. The number of amides is 1. The van der Waals surface area contributed by atoms with Crippen molar-refractivity contribution in [2.24, 2.45) is 7.05 Å². The number of halogens is 1. The summed E-state index contributed by atoms with van der Waals surface area (Å²) < 4.78 is 7.42. The molecule has 2 rings (SSSR count). The van der Waals surface area contributed by atoms with Crippen LogP contribution in [0.25, 0.3) is 0 Å². The van der Waals surface area contributed by atoms with E-state index in [1.807, 2.05) is 32.3 Å². The molecular formula is C17H22ClN3O2. The van der Waals surface area contributed by atoms with Gasteiger partial charge in [0.2, 0.25) is 5.91 Å². The van der Waals surface area contributed by atoms with Crippen LogP contribution in [-0.4, -0.2) is 40.8 Å². The molecule has 23 heavy (non-hydrogen) atoms. The fourth-order valence-electron chi connectivity index (χ4n) is 2.22. The van der Waals surface area contributed by atoms with Gasteiger partial charge in [0.05, 0.1) is 6.61 Å². The van der Waals surface area contributed by atoms with Gasteiger partial charge < -0.3 is 9.64 Å². The number of hydrogen-bond acceptors (Lipinski definition) is 3. The third kappa shape index (κ3) is 5.60. The van der Waals surface area contributed by atoms with Gasteiger partial charge in [-0.15, -0.1) is 0 Å². The van der Waals surface area contributed by atoms with E-state index in [4.69, 9.17) is 16.3 Å². The predicted molar refractivity (Wildman–Crippen MR) is 90.7 cm³/mol.